The quantitative estimate of drug-likeness (QED) is 0.368. The molecule has 0 aliphatic carbocycles. The van der Waals surface area contributed by atoms with Gasteiger partial charge in [-0.15, -0.1) is 0 Å². The molecule has 0 spiro atoms. The molecule has 0 bridgehead atoms. The SMILES string of the molecule is [B]C(=C)N=CC(C)=O. The van der Waals surface area contributed by atoms with Crippen LogP contribution in [0.4, 0.5) is 0 Å². The van der Waals surface area contributed by atoms with Crippen LogP contribution >= 0.6 is 0 Å². The first-order chi connectivity index (χ1) is 3.63. The molecule has 0 amide bonds. The Bertz CT molecular complexity index is 123. The maximum absolute atomic E-state index is 10.1. The highest BCUT2D eigenvalue weighted by Gasteiger charge is 1.79. The van der Waals surface area contributed by atoms with Gasteiger partial charge in [-0.1, -0.05) is 6.58 Å². The number of Topliss-reactive ketones (excluding diaryl/α,β-unsaturated/α-hetero) is 1. The molecular formula is C5H6BNO. The Hall–Kier alpha value is -0.855. The summed E-state index contributed by atoms with van der Waals surface area (Å²) < 4.78 is 0. The van der Waals surface area contributed by atoms with Gasteiger partial charge in [0.15, 0.2) is 5.78 Å². The first-order valence-electron chi connectivity index (χ1n) is 2.12. The lowest BCUT2D eigenvalue weighted by atomic mass is 10.1. The number of carbonyl (C=O) groups is 1. The van der Waals surface area contributed by atoms with Crippen molar-refractivity contribution in [1.29, 1.82) is 0 Å². The Morgan fingerprint density at radius 3 is 2.50 bits per heavy atom. The first-order valence-corrected chi connectivity index (χ1v) is 2.12. The average molecular weight is 107 g/mol. The number of hydrogen-bond donors (Lipinski definition) is 0. The van der Waals surface area contributed by atoms with Gasteiger partial charge in [0.25, 0.3) is 0 Å². The predicted molar refractivity (Wildman–Crippen MR) is 34.1 cm³/mol. The van der Waals surface area contributed by atoms with Crippen molar-refractivity contribution in [3.05, 3.63) is 12.2 Å². The Labute approximate surface area is 49.7 Å². The zero-order valence-electron chi connectivity index (χ0n) is 4.72. The zero-order chi connectivity index (χ0) is 6.57. The van der Waals surface area contributed by atoms with Crippen molar-refractivity contribution >= 4 is 19.8 Å². The summed E-state index contributed by atoms with van der Waals surface area (Å²) in [5.74, 6) is -0.128. The van der Waals surface area contributed by atoms with E-state index in [1.54, 1.807) is 0 Å². The fourth-order valence-electron chi connectivity index (χ4n) is 0.174. The molecular weight excluding hydrogens is 101 g/mol. The molecule has 0 saturated heterocycles. The number of hydrogen-bond acceptors (Lipinski definition) is 2. The van der Waals surface area contributed by atoms with E-state index < -0.39 is 0 Å². The summed E-state index contributed by atoms with van der Waals surface area (Å²) in [4.78, 5) is 13.5. The minimum Gasteiger partial charge on any atom is -0.293 e. The van der Waals surface area contributed by atoms with Gasteiger partial charge in [0.05, 0.1) is 6.21 Å². The number of nitrogens with zero attached hydrogens (tertiary/aromatic N) is 1. The second-order valence-electron chi connectivity index (χ2n) is 1.36. The number of aliphatic imine (C=N–C) groups is 1. The summed E-state index contributed by atoms with van der Waals surface area (Å²) >= 11 is 0. The number of carbonyl (C=O) groups excluding carboxylic acids is 1. The average Bonchev–Trinajstić information content (AvgIpc) is 1.61. The fraction of sp³-hybridized carbons (Fsp3) is 0.200. The van der Waals surface area contributed by atoms with Gasteiger partial charge in [-0.2, -0.15) is 0 Å². The van der Waals surface area contributed by atoms with Crippen LogP contribution in [0.5, 0.6) is 0 Å². The lowest BCUT2D eigenvalue weighted by Gasteiger charge is -1.81. The first kappa shape index (κ1) is 7.14. The molecule has 0 aliphatic rings. The molecule has 0 heterocycles. The minimum atomic E-state index is -0.128. The van der Waals surface area contributed by atoms with Crippen LogP contribution in [0.3, 0.4) is 0 Å². The van der Waals surface area contributed by atoms with Crippen molar-refractivity contribution in [3.63, 3.8) is 0 Å². The molecule has 0 rings (SSSR count). The molecule has 0 atom stereocenters. The van der Waals surface area contributed by atoms with E-state index in [1.165, 1.54) is 6.92 Å². The van der Waals surface area contributed by atoms with Crippen LogP contribution in [0.15, 0.2) is 17.2 Å². The molecule has 8 heavy (non-hydrogen) atoms. The molecule has 0 N–H and O–H groups in total. The normalized spacial score (nSPS) is 9.62. The van der Waals surface area contributed by atoms with E-state index in [0.717, 1.165) is 6.21 Å². The van der Waals surface area contributed by atoms with Gasteiger partial charge in [-0.3, -0.25) is 9.79 Å². The van der Waals surface area contributed by atoms with Gasteiger partial charge in [0.2, 0.25) is 0 Å². The minimum absolute atomic E-state index is 0.128. The fourth-order valence-corrected chi connectivity index (χ4v) is 0.174. The Kier molecular flexibility index (Phi) is 2.85. The monoisotopic (exact) mass is 107 g/mol. The van der Waals surface area contributed by atoms with E-state index in [4.69, 9.17) is 7.85 Å². The standard InChI is InChI=1S/C5H6BNO/c1-4(8)3-7-5(2)6/h3H,2H2,1H3. The topological polar surface area (TPSA) is 29.4 Å². The molecule has 2 nitrogen and oxygen atoms in total. The van der Waals surface area contributed by atoms with Crippen LogP contribution in [-0.2, 0) is 4.79 Å². The molecule has 0 fully saturated rings. The molecule has 40 valence electrons. The summed E-state index contributed by atoms with van der Waals surface area (Å²) in [6.45, 7) is 4.65. The molecule has 0 aliphatic heterocycles. The molecule has 3 heteroatoms. The summed E-state index contributed by atoms with van der Waals surface area (Å²) in [5, 5.41) is 0. The van der Waals surface area contributed by atoms with Crippen molar-refractivity contribution in [2.45, 2.75) is 6.92 Å². The van der Waals surface area contributed by atoms with Gasteiger partial charge in [0.1, 0.15) is 7.85 Å². The van der Waals surface area contributed by atoms with Crippen molar-refractivity contribution in [1.82, 2.24) is 0 Å². The molecule has 0 unspecified atom stereocenters. The predicted octanol–water partition coefficient (Wildman–Crippen LogP) is 0.286. The van der Waals surface area contributed by atoms with Gasteiger partial charge >= 0.3 is 0 Å². The molecule has 0 aromatic rings. The van der Waals surface area contributed by atoms with Crippen LogP contribution in [0.25, 0.3) is 0 Å². The summed E-state index contributed by atoms with van der Waals surface area (Å²) in [5.41, 5.74) is 0.153. The van der Waals surface area contributed by atoms with Crippen LogP contribution in [0, 0.1) is 0 Å². The molecule has 0 saturated carbocycles. The van der Waals surface area contributed by atoms with Crippen LogP contribution in [0.1, 0.15) is 6.92 Å². The Balaban J connectivity index is 3.67. The number of ketones is 1. The van der Waals surface area contributed by atoms with Gasteiger partial charge < -0.3 is 0 Å². The van der Waals surface area contributed by atoms with Crippen molar-refractivity contribution < 1.29 is 4.79 Å². The number of rotatable bonds is 2. The van der Waals surface area contributed by atoms with Crippen molar-refractivity contribution in [3.8, 4) is 0 Å². The smallest absolute Gasteiger partial charge is 0.170 e. The van der Waals surface area contributed by atoms with Crippen LogP contribution in [-0.4, -0.2) is 19.8 Å². The lowest BCUT2D eigenvalue weighted by Crippen LogP contribution is -1.89. The lowest BCUT2D eigenvalue weighted by molar-refractivity contribution is -0.110. The summed E-state index contributed by atoms with van der Waals surface area (Å²) in [6.07, 6.45) is 1.13. The summed E-state index contributed by atoms with van der Waals surface area (Å²) in [7, 11) is 5.00. The molecule has 0 aromatic carbocycles. The van der Waals surface area contributed by atoms with E-state index in [9.17, 15) is 4.79 Å². The van der Waals surface area contributed by atoms with Crippen molar-refractivity contribution in [2.75, 3.05) is 0 Å². The second kappa shape index (κ2) is 3.19. The Morgan fingerprint density at radius 2 is 2.38 bits per heavy atom. The maximum atomic E-state index is 10.1. The zero-order valence-corrected chi connectivity index (χ0v) is 4.72. The maximum Gasteiger partial charge on any atom is 0.170 e. The highest BCUT2D eigenvalue weighted by atomic mass is 16.1. The third-order valence-electron chi connectivity index (χ3n) is 0.412. The Morgan fingerprint density at radius 1 is 1.88 bits per heavy atom. The highest BCUT2D eigenvalue weighted by Crippen LogP contribution is 1.78. The third kappa shape index (κ3) is 5.14. The molecule has 2 radical (unpaired) electrons. The van der Waals surface area contributed by atoms with E-state index in [1.807, 2.05) is 0 Å². The van der Waals surface area contributed by atoms with Crippen molar-refractivity contribution in [2.24, 2.45) is 4.99 Å². The van der Waals surface area contributed by atoms with E-state index in [-0.39, 0.29) is 11.4 Å². The van der Waals surface area contributed by atoms with Gasteiger partial charge in [0, 0.05) is 6.92 Å². The molecule has 0 aromatic heterocycles. The third-order valence-corrected chi connectivity index (χ3v) is 0.412. The second-order valence-corrected chi connectivity index (χ2v) is 1.36. The summed E-state index contributed by atoms with van der Waals surface area (Å²) in [6, 6.07) is 0. The van der Waals surface area contributed by atoms with Gasteiger partial charge in [-0.05, 0) is 5.60 Å². The van der Waals surface area contributed by atoms with E-state index >= 15 is 0 Å². The van der Waals surface area contributed by atoms with Crippen LogP contribution < -0.4 is 0 Å². The highest BCUT2D eigenvalue weighted by molar-refractivity contribution is 6.29. The largest absolute Gasteiger partial charge is 0.293 e. The van der Waals surface area contributed by atoms with E-state index in [2.05, 4.69) is 11.6 Å². The van der Waals surface area contributed by atoms with E-state index in [0.29, 0.717) is 0 Å². The van der Waals surface area contributed by atoms with Gasteiger partial charge in [-0.25, -0.2) is 0 Å². The van der Waals surface area contributed by atoms with Crippen LogP contribution in [0.2, 0.25) is 0 Å².